The van der Waals surface area contributed by atoms with E-state index in [1.807, 2.05) is 30.3 Å². The van der Waals surface area contributed by atoms with Gasteiger partial charge in [0.25, 0.3) is 0 Å². The maximum Gasteiger partial charge on any atom is 0.215 e. The highest BCUT2D eigenvalue weighted by Gasteiger charge is 2.04. The fourth-order valence-corrected chi connectivity index (χ4v) is 1.59. The van der Waals surface area contributed by atoms with Gasteiger partial charge < -0.3 is 5.32 Å². The number of halogens is 1. The summed E-state index contributed by atoms with van der Waals surface area (Å²) < 4.78 is 13.4. The van der Waals surface area contributed by atoms with E-state index in [0.717, 1.165) is 5.69 Å². The minimum absolute atomic E-state index is 0.294. The van der Waals surface area contributed by atoms with Crippen molar-refractivity contribution in [3.63, 3.8) is 0 Å². The smallest absolute Gasteiger partial charge is 0.215 e. The number of nitrogens with zero attached hydrogens (tertiary/aromatic N) is 1. The molecule has 0 amide bonds. The van der Waals surface area contributed by atoms with Crippen molar-refractivity contribution >= 4 is 17.3 Å². The molecule has 0 aromatic heterocycles. The quantitative estimate of drug-likeness (QED) is 0.336. The van der Waals surface area contributed by atoms with Crippen LogP contribution in [0, 0.1) is 12.7 Å². The summed E-state index contributed by atoms with van der Waals surface area (Å²) in [5.74, 6) is 5.47. The van der Waals surface area contributed by atoms with E-state index >= 15 is 0 Å². The molecule has 0 saturated heterocycles. The Balaban J connectivity index is 2.26. The van der Waals surface area contributed by atoms with Crippen molar-refractivity contribution in [1.82, 2.24) is 5.43 Å². The maximum atomic E-state index is 13.4. The molecule has 0 atom stereocenters. The number of rotatable bonds is 2. The average molecular weight is 258 g/mol. The van der Waals surface area contributed by atoms with Crippen LogP contribution in [0.5, 0.6) is 0 Å². The Kier molecular flexibility index (Phi) is 4.10. The summed E-state index contributed by atoms with van der Waals surface area (Å²) in [4.78, 5) is 4.26. The van der Waals surface area contributed by atoms with Crippen molar-refractivity contribution in [1.29, 1.82) is 0 Å². The normalized spacial score (nSPS) is 11.2. The molecule has 19 heavy (non-hydrogen) atoms. The van der Waals surface area contributed by atoms with Gasteiger partial charge >= 0.3 is 0 Å². The number of guanidine groups is 1. The molecule has 0 aliphatic carbocycles. The Morgan fingerprint density at radius 1 is 1.11 bits per heavy atom. The Bertz CT molecular complexity index is 581. The number of hydrogen-bond donors (Lipinski definition) is 3. The minimum Gasteiger partial charge on any atom is -0.325 e. The van der Waals surface area contributed by atoms with Gasteiger partial charge in [-0.2, -0.15) is 0 Å². The van der Waals surface area contributed by atoms with Crippen LogP contribution in [0.25, 0.3) is 0 Å². The molecule has 0 spiro atoms. The Hall–Kier alpha value is -2.40. The third-order valence-corrected chi connectivity index (χ3v) is 2.64. The number of aliphatic imine (C=N–C) groups is 1. The lowest BCUT2D eigenvalue weighted by Crippen LogP contribution is -2.36. The molecule has 0 unspecified atom stereocenters. The Morgan fingerprint density at radius 2 is 1.84 bits per heavy atom. The summed E-state index contributed by atoms with van der Waals surface area (Å²) in [5, 5.41) is 3.02. The monoisotopic (exact) mass is 258 g/mol. The minimum atomic E-state index is -0.294. The van der Waals surface area contributed by atoms with Gasteiger partial charge in [0.2, 0.25) is 5.96 Å². The molecule has 2 aromatic carbocycles. The summed E-state index contributed by atoms with van der Waals surface area (Å²) in [6, 6.07) is 14.2. The van der Waals surface area contributed by atoms with Crippen molar-refractivity contribution in [3.8, 4) is 0 Å². The zero-order valence-corrected chi connectivity index (χ0v) is 10.5. The van der Waals surface area contributed by atoms with E-state index < -0.39 is 0 Å². The van der Waals surface area contributed by atoms with E-state index in [-0.39, 0.29) is 5.82 Å². The molecule has 0 radical (unpaired) electrons. The first-order valence-electron chi connectivity index (χ1n) is 5.83. The fourth-order valence-electron chi connectivity index (χ4n) is 1.59. The Morgan fingerprint density at radius 3 is 2.53 bits per heavy atom. The number of nitrogens with two attached hydrogens (primary N) is 1. The molecule has 2 aromatic rings. The lowest BCUT2D eigenvalue weighted by molar-refractivity contribution is 0.619. The number of anilines is 1. The summed E-state index contributed by atoms with van der Waals surface area (Å²) in [7, 11) is 0. The second kappa shape index (κ2) is 5.97. The van der Waals surface area contributed by atoms with Gasteiger partial charge in [-0.05, 0) is 31.2 Å². The van der Waals surface area contributed by atoms with Crippen molar-refractivity contribution < 1.29 is 4.39 Å². The second-order valence-electron chi connectivity index (χ2n) is 3.98. The molecule has 0 aliphatic rings. The summed E-state index contributed by atoms with van der Waals surface area (Å²) in [5.41, 5.74) is 4.30. The van der Waals surface area contributed by atoms with Gasteiger partial charge in [0.05, 0.1) is 5.69 Å². The molecular formula is C14H15FN4. The van der Waals surface area contributed by atoms with Gasteiger partial charge in [-0.25, -0.2) is 15.2 Å². The third kappa shape index (κ3) is 3.29. The van der Waals surface area contributed by atoms with Crippen LogP contribution in [-0.2, 0) is 0 Å². The number of benzene rings is 2. The van der Waals surface area contributed by atoms with Crippen molar-refractivity contribution in [2.24, 2.45) is 10.8 Å². The van der Waals surface area contributed by atoms with E-state index in [1.54, 1.807) is 19.1 Å². The topological polar surface area (TPSA) is 62.4 Å². The predicted molar refractivity (Wildman–Crippen MR) is 75.6 cm³/mol. The molecule has 4 nitrogen and oxygen atoms in total. The van der Waals surface area contributed by atoms with Gasteiger partial charge in [-0.1, -0.05) is 24.3 Å². The summed E-state index contributed by atoms with van der Waals surface area (Å²) in [6.07, 6.45) is 0. The fraction of sp³-hybridized carbons (Fsp3) is 0.0714. The molecule has 0 bridgehead atoms. The first-order chi connectivity index (χ1) is 9.20. The van der Waals surface area contributed by atoms with Gasteiger partial charge in [0.15, 0.2) is 0 Å². The van der Waals surface area contributed by atoms with E-state index in [0.29, 0.717) is 17.2 Å². The van der Waals surface area contributed by atoms with Crippen molar-refractivity contribution in [2.45, 2.75) is 6.92 Å². The van der Waals surface area contributed by atoms with E-state index in [2.05, 4.69) is 15.7 Å². The van der Waals surface area contributed by atoms with Crippen LogP contribution in [0.15, 0.2) is 53.5 Å². The van der Waals surface area contributed by atoms with Gasteiger partial charge in [0, 0.05) is 11.3 Å². The maximum absolute atomic E-state index is 13.4. The molecule has 2 rings (SSSR count). The second-order valence-corrected chi connectivity index (χ2v) is 3.98. The SMILES string of the molecule is Cc1c(F)cccc1N=C(NN)Nc1ccccc1. The molecule has 0 aliphatic heterocycles. The molecule has 4 N–H and O–H groups in total. The van der Waals surface area contributed by atoms with Crippen LogP contribution in [0.2, 0.25) is 0 Å². The zero-order chi connectivity index (χ0) is 13.7. The standard InChI is InChI=1S/C14H15FN4/c1-10-12(15)8-5-9-13(10)18-14(19-16)17-11-6-3-2-4-7-11/h2-9H,16H2,1H3,(H2,17,18,19). The van der Waals surface area contributed by atoms with Crippen LogP contribution in [-0.4, -0.2) is 5.96 Å². The highest BCUT2D eigenvalue weighted by atomic mass is 19.1. The first-order valence-corrected chi connectivity index (χ1v) is 5.83. The lowest BCUT2D eigenvalue weighted by Gasteiger charge is -2.10. The molecular weight excluding hydrogens is 243 g/mol. The van der Waals surface area contributed by atoms with E-state index in [9.17, 15) is 4.39 Å². The number of para-hydroxylation sites is 1. The van der Waals surface area contributed by atoms with Gasteiger partial charge in [0.1, 0.15) is 5.82 Å². The van der Waals surface area contributed by atoms with Crippen LogP contribution >= 0.6 is 0 Å². The lowest BCUT2D eigenvalue weighted by atomic mass is 10.2. The average Bonchev–Trinajstić information content (AvgIpc) is 2.44. The summed E-state index contributed by atoms with van der Waals surface area (Å²) >= 11 is 0. The third-order valence-electron chi connectivity index (χ3n) is 2.64. The zero-order valence-electron chi connectivity index (χ0n) is 10.5. The van der Waals surface area contributed by atoms with E-state index in [4.69, 9.17) is 5.84 Å². The molecule has 0 fully saturated rings. The van der Waals surface area contributed by atoms with Crippen LogP contribution in [0.3, 0.4) is 0 Å². The van der Waals surface area contributed by atoms with Crippen LogP contribution < -0.4 is 16.6 Å². The molecule has 0 heterocycles. The molecule has 0 saturated carbocycles. The van der Waals surface area contributed by atoms with Gasteiger partial charge in [-0.3, -0.25) is 5.43 Å². The van der Waals surface area contributed by atoms with Gasteiger partial charge in [-0.15, -0.1) is 0 Å². The Labute approximate surface area is 111 Å². The predicted octanol–water partition coefficient (Wildman–Crippen LogP) is 2.70. The molecule has 98 valence electrons. The number of nitrogens with one attached hydrogen (secondary N) is 2. The van der Waals surface area contributed by atoms with Crippen molar-refractivity contribution in [3.05, 3.63) is 59.9 Å². The largest absolute Gasteiger partial charge is 0.325 e. The van der Waals surface area contributed by atoms with E-state index in [1.165, 1.54) is 6.07 Å². The number of hydrazine groups is 1. The highest BCUT2D eigenvalue weighted by molar-refractivity contribution is 5.95. The van der Waals surface area contributed by atoms with Crippen LogP contribution in [0.4, 0.5) is 15.8 Å². The summed E-state index contributed by atoms with van der Waals surface area (Å²) in [6.45, 7) is 1.67. The van der Waals surface area contributed by atoms with Crippen molar-refractivity contribution in [2.75, 3.05) is 5.32 Å². The highest BCUT2D eigenvalue weighted by Crippen LogP contribution is 2.20. The van der Waals surface area contributed by atoms with Crippen LogP contribution in [0.1, 0.15) is 5.56 Å². The first kappa shape index (κ1) is 13.0. The number of hydrogen-bond acceptors (Lipinski definition) is 2. The molecule has 5 heteroatoms.